The van der Waals surface area contributed by atoms with E-state index in [4.69, 9.17) is 0 Å². The SMILES string of the molecule is O=c1[nH]nc(CN2CCCC2)c(=O)[nH]1. The zero-order valence-corrected chi connectivity index (χ0v) is 7.75. The normalized spacial score (nSPS) is 17.4. The van der Waals surface area contributed by atoms with Crippen molar-refractivity contribution >= 4 is 0 Å². The first-order valence-corrected chi connectivity index (χ1v) is 4.66. The summed E-state index contributed by atoms with van der Waals surface area (Å²) in [6.07, 6.45) is 2.34. The first-order chi connectivity index (χ1) is 6.75. The Bertz CT molecular complexity index is 416. The number of hydrogen-bond donors (Lipinski definition) is 2. The van der Waals surface area contributed by atoms with Gasteiger partial charge in [-0.1, -0.05) is 0 Å². The summed E-state index contributed by atoms with van der Waals surface area (Å²) in [5.74, 6) is 0. The highest BCUT2D eigenvalue weighted by molar-refractivity contribution is 4.92. The van der Waals surface area contributed by atoms with Gasteiger partial charge in [0.2, 0.25) is 0 Å². The van der Waals surface area contributed by atoms with Gasteiger partial charge in [-0.2, -0.15) is 5.10 Å². The molecule has 0 saturated carbocycles. The highest BCUT2D eigenvalue weighted by Gasteiger charge is 2.14. The molecule has 0 radical (unpaired) electrons. The van der Waals surface area contributed by atoms with Gasteiger partial charge in [0.05, 0.1) is 0 Å². The number of H-pyrrole nitrogens is 2. The lowest BCUT2D eigenvalue weighted by molar-refractivity contribution is 0.323. The van der Waals surface area contributed by atoms with Crippen LogP contribution in [0.3, 0.4) is 0 Å². The molecule has 0 aliphatic carbocycles. The summed E-state index contributed by atoms with van der Waals surface area (Å²) in [6.45, 7) is 2.52. The maximum atomic E-state index is 11.3. The van der Waals surface area contributed by atoms with Gasteiger partial charge in [0.1, 0.15) is 5.69 Å². The Balaban J connectivity index is 2.16. The van der Waals surface area contributed by atoms with Gasteiger partial charge in [0.25, 0.3) is 5.56 Å². The standard InChI is InChI=1S/C8H12N4O2/c13-7-6(10-11-8(14)9-7)5-12-3-1-2-4-12/h1-5H2,(H2,9,11,13,14). The molecule has 0 amide bonds. The Morgan fingerprint density at radius 2 is 2.00 bits per heavy atom. The number of nitrogens with one attached hydrogen (secondary N) is 2. The summed E-state index contributed by atoms with van der Waals surface area (Å²) in [4.78, 5) is 26.3. The molecule has 1 aliphatic heterocycles. The van der Waals surface area contributed by atoms with Gasteiger partial charge < -0.3 is 0 Å². The number of likely N-dealkylation sites (tertiary alicyclic amines) is 1. The van der Waals surface area contributed by atoms with Crippen LogP contribution in [0.15, 0.2) is 9.59 Å². The van der Waals surface area contributed by atoms with Gasteiger partial charge in [0, 0.05) is 6.54 Å². The Morgan fingerprint density at radius 3 is 2.64 bits per heavy atom. The number of aromatic nitrogens is 3. The average Bonchev–Trinajstić information content (AvgIpc) is 2.62. The topological polar surface area (TPSA) is 81.8 Å². The van der Waals surface area contributed by atoms with E-state index in [1.165, 1.54) is 12.8 Å². The van der Waals surface area contributed by atoms with Crippen molar-refractivity contribution in [3.05, 3.63) is 26.5 Å². The van der Waals surface area contributed by atoms with Crippen LogP contribution in [0.25, 0.3) is 0 Å². The summed E-state index contributed by atoms with van der Waals surface area (Å²) in [5, 5.41) is 5.95. The molecule has 1 aromatic rings. The summed E-state index contributed by atoms with van der Waals surface area (Å²) in [6, 6.07) is 0. The molecule has 2 rings (SSSR count). The fourth-order valence-electron chi connectivity index (χ4n) is 1.63. The third-order valence-electron chi connectivity index (χ3n) is 2.35. The molecule has 0 spiro atoms. The second-order valence-electron chi connectivity index (χ2n) is 3.44. The lowest BCUT2D eigenvalue weighted by Crippen LogP contribution is -2.31. The van der Waals surface area contributed by atoms with Gasteiger partial charge in [-0.25, -0.2) is 9.89 Å². The summed E-state index contributed by atoms with van der Waals surface area (Å²) < 4.78 is 0. The molecule has 6 nitrogen and oxygen atoms in total. The number of nitrogens with zero attached hydrogens (tertiary/aromatic N) is 2. The summed E-state index contributed by atoms with van der Waals surface area (Å²) >= 11 is 0. The van der Waals surface area contributed by atoms with Gasteiger partial charge in [-0.3, -0.25) is 14.7 Å². The first kappa shape index (κ1) is 9.14. The molecule has 1 fully saturated rings. The largest absolute Gasteiger partial charge is 0.342 e. The third kappa shape index (κ3) is 1.90. The Kier molecular flexibility index (Phi) is 2.45. The zero-order chi connectivity index (χ0) is 9.97. The first-order valence-electron chi connectivity index (χ1n) is 4.66. The van der Waals surface area contributed by atoms with E-state index in [0.29, 0.717) is 12.2 Å². The molecule has 1 aliphatic rings. The highest BCUT2D eigenvalue weighted by Crippen LogP contribution is 2.08. The maximum Gasteiger partial charge on any atom is 0.342 e. The molecule has 0 atom stereocenters. The van der Waals surface area contributed by atoms with Crippen LogP contribution in [0, 0.1) is 0 Å². The van der Waals surface area contributed by atoms with Crippen molar-refractivity contribution in [1.29, 1.82) is 0 Å². The average molecular weight is 196 g/mol. The van der Waals surface area contributed by atoms with Crippen LogP contribution in [0.4, 0.5) is 0 Å². The van der Waals surface area contributed by atoms with Crippen LogP contribution < -0.4 is 11.2 Å². The van der Waals surface area contributed by atoms with Gasteiger partial charge >= 0.3 is 5.69 Å². The van der Waals surface area contributed by atoms with Crippen LogP contribution in [-0.4, -0.2) is 33.2 Å². The van der Waals surface area contributed by atoms with Crippen LogP contribution in [0.1, 0.15) is 18.5 Å². The van der Waals surface area contributed by atoms with Gasteiger partial charge in [-0.05, 0) is 25.9 Å². The Hall–Kier alpha value is -1.43. The van der Waals surface area contributed by atoms with E-state index >= 15 is 0 Å². The number of aromatic amines is 2. The smallest absolute Gasteiger partial charge is 0.297 e. The lowest BCUT2D eigenvalue weighted by Gasteiger charge is -2.11. The fraction of sp³-hybridized carbons (Fsp3) is 0.625. The number of hydrogen-bond acceptors (Lipinski definition) is 4. The van der Waals surface area contributed by atoms with E-state index in [1.54, 1.807) is 0 Å². The van der Waals surface area contributed by atoms with Crippen LogP contribution in [0.2, 0.25) is 0 Å². The van der Waals surface area contributed by atoms with Crippen molar-refractivity contribution in [3.63, 3.8) is 0 Å². The monoisotopic (exact) mass is 196 g/mol. The molecule has 2 N–H and O–H groups in total. The third-order valence-corrected chi connectivity index (χ3v) is 2.35. The zero-order valence-electron chi connectivity index (χ0n) is 7.75. The molecule has 0 aromatic carbocycles. The lowest BCUT2D eigenvalue weighted by atomic mass is 10.4. The van der Waals surface area contributed by atoms with Crippen molar-refractivity contribution in [2.24, 2.45) is 0 Å². The molecule has 76 valence electrons. The van der Waals surface area contributed by atoms with Crippen molar-refractivity contribution < 1.29 is 0 Å². The van der Waals surface area contributed by atoms with E-state index in [9.17, 15) is 9.59 Å². The van der Waals surface area contributed by atoms with Gasteiger partial charge in [0.15, 0.2) is 0 Å². The van der Waals surface area contributed by atoms with Crippen LogP contribution in [-0.2, 0) is 6.54 Å². The van der Waals surface area contributed by atoms with Crippen molar-refractivity contribution in [2.45, 2.75) is 19.4 Å². The predicted octanol–water partition coefficient (Wildman–Crippen LogP) is -0.946. The van der Waals surface area contributed by atoms with E-state index in [2.05, 4.69) is 20.1 Å². The molecular formula is C8H12N4O2. The number of rotatable bonds is 2. The molecule has 0 unspecified atom stereocenters. The summed E-state index contributed by atoms with van der Waals surface area (Å²) in [5.41, 5.74) is -0.563. The molecule has 0 bridgehead atoms. The van der Waals surface area contributed by atoms with Crippen molar-refractivity contribution in [3.8, 4) is 0 Å². The maximum absolute atomic E-state index is 11.3. The second-order valence-corrected chi connectivity index (χ2v) is 3.44. The predicted molar refractivity (Wildman–Crippen MR) is 50.0 cm³/mol. The van der Waals surface area contributed by atoms with Crippen LogP contribution >= 0.6 is 0 Å². The molecule has 6 heteroatoms. The second kappa shape index (κ2) is 3.75. The molecular weight excluding hydrogens is 184 g/mol. The Morgan fingerprint density at radius 1 is 1.29 bits per heavy atom. The van der Waals surface area contributed by atoms with Gasteiger partial charge in [-0.15, -0.1) is 0 Å². The van der Waals surface area contributed by atoms with Crippen molar-refractivity contribution in [1.82, 2.24) is 20.1 Å². The molecule has 1 aromatic heterocycles. The van der Waals surface area contributed by atoms with Crippen LogP contribution in [0.5, 0.6) is 0 Å². The van der Waals surface area contributed by atoms with Crippen molar-refractivity contribution in [2.75, 3.05) is 13.1 Å². The van der Waals surface area contributed by atoms with E-state index in [0.717, 1.165) is 13.1 Å². The quantitative estimate of drug-likeness (QED) is 0.639. The Labute approximate surface area is 80.0 Å². The molecule has 1 saturated heterocycles. The molecule has 2 heterocycles. The minimum absolute atomic E-state index is 0.381. The van der Waals surface area contributed by atoms with E-state index in [-0.39, 0.29) is 5.56 Å². The molecule has 14 heavy (non-hydrogen) atoms. The highest BCUT2D eigenvalue weighted by atomic mass is 16.2. The fourth-order valence-corrected chi connectivity index (χ4v) is 1.63. The minimum atomic E-state index is -0.555. The minimum Gasteiger partial charge on any atom is -0.297 e. The van der Waals surface area contributed by atoms with E-state index in [1.807, 2.05) is 0 Å². The van der Waals surface area contributed by atoms with E-state index < -0.39 is 5.69 Å². The summed E-state index contributed by atoms with van der Waals surface area (Å²) in [7, 11) is 0.